The summed E-state index contributed by atoms with van der Waals surface area (Å²) in [4.78, 5) is 4.33. The van der Waals surface area contributed by atoms with Gasteiger partial charge in [0.2, 0.25) is 5.95 Å². The number of hydrogen-bond donors (Lipinski definition) is 1. The van der Waals surface area contributed by atoms with Gasteiger partial charge in [0.15, 0.2) is 0 Å². The van der Waals surface area contributed by atoms with Gasteiger partial charge < -0.3 is 14.6 Å². The van der Waals surface area contributed by atoms with Gasteiger partial charge in [-0.15, -0.1) is 0 Å². The molecule has 0 atom stereocenters. The van der Waals surface area contributed by atoms with E-state index in [0.29, 0.717) is 12.0 Å². The van der Waals surface area contributed by atoms with Gasteiger partial charge in [0, 0.05) is 25.5 Å². The number of nitrogens with zero attached hydrogens (tertiary/aromatic N) is 2. The first-order valence-electron chi connectivity index (χ1n) is 7.12. The van der Waals surface area contributed by atoms with Crippen LogP contribution in [0.3, 0.4) is 0 Å². The largest absolute Gasteiger partial charge is 0.376 e. The van der Waals surface area contributed by atoms with Crippen LogP contribution in [-0.2, 0) is 11.3 Å². The lowest BCUT2D eigenvalue weighted by molar-refractivity contribution is 0.0532. The molecule has 1 fully saturated rings. The van der Waals surface area contributed by atoms with Crippen LogP contribution < -0.4 is 5.32 Å². The van der Waals surface area contributed by atoms with Crippen LogP contribution in [0.4, 0.5) is 5.95 Å². The van der Waals surface area contributed by atoms with Crippen molar-refractivity contribution in [2.75, 3.05) is 18.5 Å². The van der Waals surface area contributed by atoms with E-state index in [0.717, 1.165) is 25.6 Å². The summed E-state index contributed by atoms with van der Waals surface area (Å²) in [5.41, 5.74) is 0. The Labute approximate surface area is 110 Å². The molecule has 0 bridgehead atoms. The Bertz CT molecular complexity index is 343. The topological polar surface area (TPSA) is 39.1 Å². The van der Waals surface area contributed by atoms with Crippen LogP contribution in [0.25, 0.3) is 0 Å². The molecule has 0 radical (unpaired) electrons. The van der Waals surface area contributed by atoms with Gasteiger partial charge in [-0.2, -0.15) is 0 Å². The van der Waals surface area contributed by atoms with Crippen LogP contribution in [0.5, 0.6) is 0 Å². The maximum Gasteiger partial charge on any atom is 0.202 e. The van der Waals surface area contributed by atoms with Gasteiger partial charge in [0.1, 0.15) is 0 Å². The van der Waals surface area contributed by atoms with Crippen LogP contribution in [0.15, 0.2) is 12.4 Å². The van der Waals surface area contributed by atoms with Crippen molar-refractivity contribution in [1.29, 1.82) is 0 Å². The highest BCUT2D eigenvalue weighted by Crippen LogP contribution is 2.20. The van der Waals surface area contributed by atoms with Crippen LogP contribution >= 0.6 is 0 Å². The molecule has 1 aliphatic rings. The van der Waals surface area contributed by atoms with E-state index in [2.05, 4.69) is 28.7 Å². The minimum atomic E-state index is 0.501. The SMILES string of the molecule is CC(C)CNc1nccn1CCOC1CCCC1. The maximum atomic E-state index is 5.88. The van der Waals surface area contributed by atoms with Crippen LogP contribution in [0.2, 0.25) is 0 Å². The summed E-state index contributed by atoms with van der Waals surface area (Å²) >= 11 is 0. The number of hydrogen-bond acceptors (Lipinski definition) is 3. The summed E-state index contributed by atoms with van der Waals surface area (Å²) in [5, 5.41) is 3.37. The highest BCUT2D eigenvalue weighted by atomic mass is 16.5. The van der Waals surface area contributed by atoms with Gasteiger partial charge >= 0.3 is 0 Å². The lowest BCUT2D eigenvalue weighted by Gasteiger charge is -2.14. The standard InChI is InChI=1S/C14H25N3O/c1-12(2)11-16-14-15-7-8-17(14)9-10-18-13-5-3-4-6-13/h7-8,12-13H,3-6,9-11H2,1-2H3,(H,15,16). The van der Waals surface area contributed by atoms with Crippen molar-refractivity contribution >= 4 is 5.95 Å². The molecule has 0 unspecified atom stereocenters. The molecule has 2 rings (SSSR count). The van der Waals surface area contributed by atoms with E-state index < -0.39 is 0 Å². The van der Waals surface area contributed by atoms with Crippen molar-refractivity contribution in [2.45, 2.75) is 52.2 Å². The molecule has 102 valence electrons. The van der Waals surface area contributed by atoms with Gasteiger partial charge in [0.25, 0.3) is 0 Å². The van der Waals surface area contributed by atoms with E-state index in [1.54, 1.807) is 0 Å². The molecule has 1 heterocycles. The molecule has 1 saturated carbocycles. The van der Waals surface area contributed by atoms with Gasteiger partial charge in [-0.1, -0.05) is 26.7 Å². The van der Waals surface area contributed by atoms with Gasteiger partial charge in [-0.05, 0) is 18.8 Å². The fourth-order valence-corrected chi connectivity index (χ4v) is 2.32. The zero-order chi connectivity index (χ0) is 12.8. The Hall–Kier alpha value is -1.03. The van der Waals surface area contributed by atoms with Crippen LogP contribution in [0.1, 0.15) is 39.5 Å². The maximum absolute atomic E-state index is 5.88. The number of imidazole rings is 1. The Morgan fingerprint density at radius 3 is 2.94 bits per heavy atom. The Morgan fingerprint density at radius 1 is 1.44 bits per heavy atom. The Kier molecular flexibility index (Phi) is 5.05. The number of nitrogens with one attached hydrogen (secondary N) is 1. The van der Waals surface area contributed by atoms with E-state index in [-0.39, 0.29) is 0 Å². The molecule has 0 amide bonds. The molecule has 18 heavy (non-hydrogen) atoms. The third-order valence-electron chi connectivity index (χ3n) is 3.37. The van der Waals surface area contributed by atoms with E-state index in [1.807, 2.05) is 12.4 Å². The van der Waals surface area contributed by atoms with Crippen molar-refractivity contribution in [3.63, 3.8) is 0 Å². The molecule has 1 N–H and O–H groups in total. The summed E-state index contributed by atoms with van der Waals surface area (Å²) in [6.07, 6.45) is 9.50. The van der Waals surface area contributed by atoms with Gasteiger partial charge in [-0.3, -0.25) is 0 Å². The lowest BCUT2D eigenvalue weighted by Crippen LogP contribution is -2.16. The smallest absolute Gasteiger partial charge is 0.202 e. The van der Waals surface area contributed by atoms with Gasteiger partial charge in [0.05, 0.1) is 12.7 Å². The summed E-state index contributed by atoms with van der Waals surface area (Å²) in [5.74, 6) is 1.59. The second kappa shape index (κ2) is 6.78. The normalized spacial score (nSPS) is 16.6. The summed E-state index contributed by atoms with van der Waals surface area (Å²) in [7, 11) is 0. The monoisotopic (exact) mass is 251 g/mol. The van der Waals surface area contributed by atoms with Crippen molar-refractivity contribution in [2.24, 2.45) is 5.92 Å². The first-order chi connectivity index (χ1) is 8.75. The van der Waals surface area contributed by atoms with Crippen LogP contribution in [-0.4, -0.2) is 28.8 Å². The number of aromatic nitrogens is 2. The first kappa shape index (κ1) is 13.4. The van der Waals surface area contributed by atoms with E-state index in [1.165, 1.54) is 25.7 Å². The van der Waals surface area contributed by atoms with Crippen LogP contribution in [0, 0.1) is 5.92 Å². The van der Waals surface area contributed by atoms with Crippen molar-refractivity contribution in [3.05, 3.63) is 12.4 Å². The first-order valence-corrected chi connectivity index (χ1v) is 7.12. The highest BCUT2D eigenvalue weighted by molar-refractivity contribution is 5.25. The predicted molar refractivity (Wildman–Crippen MR) is 73.8 cm³/mol. The average Bonchev–Trinajstić information content (AvgIpc) is 2.97. The fraction of sp³-hybridized carbons (Fsp3) is 0.786. The molecule has 1 aromatic heterocycles. The zero-order valence-corrected chi connectivity index (χ0v) is 11.6. The molecule has 0 spiro atoms. The molecular formula is C14H25N3O. The van der Waals surface area contributed by atoms with Gasteiger partial charge in [-0.25, -0.2) is 4.98 Å². The third kappa shape index (κ3) is 4.02. The number of rotatable bonds is 7. The summed E-state index contributed by atoms with van der Waals surface area (Å²) < 4.78 is 8.02. The quantitative estimate of drug-likeness (QED) is 0.810. The molecule has 0 aliphatic heterocycles. The van der Waals surface area contributed by atoms with Crippen molar-refractivity contribution < 1.29 is 4.74 Å². The molecule has 4 nitrogen and oxygen atoms in total. The molecule has 4 heteroatoms. The Balaban J connectivity index is 1.72. The summed E-state index contributed by atoms with van der Waals surface area (Å²) in [6, 6.07) is 0. The second-order valence-electron chi connectivity index (χ2n) is 5.50. The lowest BCUT2D eigenvalue weighted by atomic mass is 10.2. The molecule has 1 aromatic rings. The molecule has 0 aromatic carbocycles. The number of ether oxygens (including phenoxy) is 1. The van der Waals surface area contributed by atoms with E-state index in [9.17, 15) is 0 Å². The second-order valence-corrected chi connectivity index (χ2v) is 5.50. The fourth-order valence-electron chi connectivity index (χ4n) is 2.32. The predicted octanol–water partition coefficient (Wildman–Crippen LogP) is 2.91. The average molecular weight is 251 g/mol. The highest BCUT2D eigenvalue weighted by Gasteiger charge is 2.15. The summed E-state index contributed by atoms with van der Waals surface area (Å²) in [6.45, 7) is 7.03. The molecule has 0 saturated heterocycles. The zero-order valence-electron chi connectivity index (χ0n) is 11.6. The van der Waals surface area contributed by atoms with Crippen molar-refractivity contribution in [3.8, 4) is 0 Å². The minimum Gasteiger partial charge on any atom is -0.376 e. The third-order valence-corrected chi connectivity index (χ3v) is 3.37. The number of anilines is 1. The Morgan fingerprint density at radius 2 is 2.22 bits per heavy atom. The molecular weight excluding hydrogens is 226 g/mol. The minimum absolute atomic E-state index is 0.501. The van der Waals surface area contributed by atoms with E-state index >= 15 is 0 Å². The van der Waals surface area contributed by atoms with E-state index in [4.69, 9.17) is 4.74 Å². The van der Waals surface area contributed by atoms with Crippen molar-refractivity contribution in [1.82, 2.24) is 9.55 Å². The molecule has 1 aliphatic carbocycles.